The molecule has 2 saturated heterocycles. The van der Waals surface area contributed by atoms with Gasteiger partial charge in [0.1, 0.15) is 11.1 Å². The molecule has 0 aliphatic carbocycles. The molecule has 2 aliphatic rings. The van der Waals surface area contributed by atoms with E-state index in [0.717, 1.165) is 5.56 Å². The van der Waals surface area contributed by atoms with Gasteiger partial charge >= 0.3 is 23.9 Å². The van der Waals surface area contributed by atoms with Crippen molar-refractivity contribution in [2.24, 2.45) is 0 Å². The summed E-state index contributed by atoms with van der Waals surface area (Å²) in [4.78, 5) is 48.7. The molecule has 2 fully saturated rings. The molecule has 0 bridgehead atoms. The number of carbonyl (C=O) groups is 4. The Morgan fingerprint density at radius 1 is 0.742 bits per heavy atom. The van der Waals surface area contributed by atoms with Crippen molar-refractivity contribution in [3.8, 4) is 0 Å². The molecule has 0 atom stereocenters. The first-order valence-electron chi connectivity index (χ1n) is 9.57. The molecule has 8 heteroatoms. The Hall–Kier alpha value is -3.68. The van der Waals surface area contributed by atoms with Gasteiger partial charge in [0, 0.05) is 27.7 Å². The summed E-state index contributed by atoms with van der Waals surface area (Å²) in [5, 5.41) is 0. The molecule has 1 aromatic carbocycles. The number of ether oxygens (including phenoxy) is 4. The fraction of sp³-hybridized carbons (Fsp3) is 0.304. The van der Waals surface area contributed by atoms with Gasteiger partial charge in [0.2, 0.25) is 0 Å². The second-order valence-electron chi connectivity index (χ2n) is 7.82. The van der Waals surface area contributed by atoms with E-state index in [1.807, 2.05) is 18.2 Å². The highest BCUT2D eigenvalue weighted by atomic mass is 16.7. The van der Waals surface area contributed by atoms with Crippen LogP contribution in [0.25, 0.3) is 5.57 Å². The van der Waals surface area contributed by atoms with Crippen molar-refractivity contribution < 1.29 is 38.1 Å². The topological polar surface area (TPSA) is 105 Å². The highest BCUT2D eigenvalue weighted by Crippen LogP contribution is 2.27. The maximum Gasteiger partial charge on any atom is 0.348 e. The standard InChI is InChI=1S/C23H22O8/c1-22(2)28-18(24)16(19(25)29-22)12-10-15(14-8-6-5-7-9-14)11-13-17-20(26)30-23(3,4)31-21(17)27/h5-10,12-13H,11H2,1-4H3. The maximum atomic E-state index is 12.2. The van der Waals surface area contributed by atoms with Gasteiger partial charge in [-0.2, -0.15) is 0 Å². The highest BCUT2D eigenvalue weighted by molar-refractivity contribution is 6.16. The smallest absolute Gasteiger partial charge is 0.348 e. The molecule has 8 nitrogen and oxygen atoms in total. The molecule has 0 aromatic heterocycles. The van der Waals surface area contributed by atoms with Gasteiger partial charge in [-0.15, -0.1) is 0 Å². The third-order valence-corrected chi connectivity index (χ3v) is 4.36. The van der Waals surface area contributed by atoms with Crippen LogP contribution in [0.4, 0.5) is 0 Å². The lowest BCUT2D eigenvalue weighted by molar-refractivity contribution is -0.224. The zero-order chi connectivity index (χ0) is 22.8. The first kappa shape index (κ1) is 22.0. The lowest BCUT2D eigenvalue weighted by atomic mass is 9.99. The Bertz CT molecular complexity index is 981. The van der Waals surface area contributed by atoms with Crippen molar-refractivity contribution in [1.82, 2.24) is 0 Å². The lowest BCUT2D eigenvalue weighted by Crippen LogP contribution is -2.41. The number of rotatable bonds is 4. The number of hydrogen-bond acceptors (Lipinski definition) is 8. The molecule has 0 saturated carbocycles. The van der Waals surface area contributed by atoms with Crippen LogP contribution in [0, 0.1) is 0 Å². The number of carbonyl (C=O) groups excluding carboxylic acids is 4. The van der Waals surface area contributed by atoms with Crippen LogP contribution in [0.3, 0.4) is 0 Å². The molecule has 0 N–H and O–H groups in total. The maximum absolute atomic E-state index is 12.2. The summed E-state index contributed by atoms with van der Waals surface area (Å²) in [6.45, 7) is 5.84. The monoisotopic (exact) mass is 426 g/mol. The zero-order valence-corrected chi connectivity index (χ0v) is 17.6. The molecule has 3 rings (SSSR count). The normalized spacial score (nSPS) is 20.3. The Morgan fingerprint density at radius 2 is 1.19 bits per heavy atom. The SMILES string of the molecule is CC1(C)OC(=O)C(=CC=C(CC=C2C(=O)OC(C)(C)OC2=O)c2ccccc2)C(=O)O1. The Morgan fingerprint density at radius 3 is 1.68 bits per heavy atom. The molecule has 162 valence electrons. The van der Waals surface area contributed by atoms with Crippen LogP contribution >= 0.6 is 0 Å². The van der Waals surface area contributed by atoms with Gasteiger partial charge in [-0.25, -0.2) is 19.2 Å². The van der Waals surface area contributed by atoms with Crippen LogP contribution in [0.1, 0.15) is 39.7 Å². The minimum atomic E-state index is -1.34. The zero-order valence-electron chi connectivity index (χ0n) is 17.6. The lowest BCUT2D eigenvalue weighted by Gasteiger charge is -2.29. The second kappa shape index (κ2) is 8.22. The van der Waals surface area contributed by atoms with E-state index in [2.05, 4.69) is 0 Å². The summed E-state index contributed by atoms with van der Waals surface area (Å²) in [6.07, 6.45) is 4.34. The van der Waals surface area contributed by atoms with Gasteiger partial charge in [-0.1, -0.05) is 42.5 Å². The number of allylic oxidation sites excluding steroid dienone is 4. The van der Waals surface area contributed by atoms with Crippen LogP contribution in [-0.4, -0.2) is 35.5 Å². The van der Waals surface area contributed by atoms with E-state index in [9.17, 15) is 19.2 Å². The van der Waals surface area contributed by atoms with Gasteiger partial charge in [0.15, 0.2) is 0 Å². The minimum Gasteiger partial charge on any atom is -0.419 e. The van der Waals surface area contributed by atoms with Gasteiger partial charge in [0.05, 0.1) is 0 Å². The predicted octanol–water partition coefficient (Wildman–Crippen LogP) is 2.99. The highest BCUT2D eigenvalue weighted by Gasteiger charge is 2.39. The van der Waals surface area contributed by atoms with E-state index in [0.29, 0.717) is 5.57 Å². The van der Waals surface area contributed by atoms with Gasteiger partial charge in [-0.05, 0) is 23.6 Å². The summed E-state index contributed by atoms with van der Waals surface area (Å²) in [6, 6.07) is 9.06. The molecule has 2 heterocycles. The fourth-order valence-electron chi connectivity index (χ4n) is 2.95. The van der Waals surface area contributed by atoms with Crippen molar-refractivity contribution in [1.29, 1.82) is 0 Å². The van der Waals surface area contributed by atoms with E-state index in [-0.39, 0.29) is 17.6 Å². The van der Waals surface area contributed by atoms with Crippen molar-refractivity contribution >= 4 is 29.5 Å². The van der Waals surface area contributed by atoms with E-state index in [4.69, 9.17) is 18.9 Å². The van der Waals surface area contributed by atoms with Crippen molar-refractivity contribution in [3.63, 3.8) is 0 Å². The third kappa shape index (κ3) is 5.28. The summed E-state index contributed by atoms with van der Waals surface area (Å²) < 4.78 is 20.4. The van der Waals surface area contributed by atoms with E-state index in [1.54, 1.807) is 12.1 Å². The van der Waals surface area contributed by atoms with Crippen LogP contribution in [0.2, 0.25) is 0 Å². The summed E-state index contributed by atoms with van der Waals surface area (Å²) in [5.74, 6) is -5.84. The molecule has 31 heavy (non-hydrogen) atoms. The van der Waals surface area contributed by atoms with Crippen LogP contribution < -0.4 is 0 Å². The second-order valence-corrected chi connectivity index (χ2v) is 7.82. The van der Waals surface area contributed by atoms with Crippen LogP contribution in [0.15, 0.2) is 59.7 Å². The number of hydrogen-bond donors (Lipinski definition) is 0. The summed E-state index contributed by atoms with van der Waals surface area (Å²) in [5.41, 5.74) is 0.883. The minimum absolute atomic E-state index is 0.128. The fourth-order valence-corrected chi connectivity index (χ4v) is 2.95. The Kier molecular flexibility index (Phi) is 5.83. The van der Waals surface area contributed by atoms with Crippen molar-refractivity contribution in [2.75, 3.05) is 0 Å². The number of cyclic esters (lactones) is 4. The first-order valence-corrected chi connectivity index (χ1v) is 9.57. The number of esters is 4. The Labute approximate surface area is 179 Å². The van der Waals surface area contributed by atoms with E-state index in [1.165, 1.54) is 45.9 Å². The van der Waals surface area contributed by atoms with E-state index >= 15 is 0 Å². The van der Waals surface area contributed by atoms with Crippen LogP contribution in [-0.2, 0) is 38.1 Å². The molecule has 2 aliphatic heterocycles. The molecule has 0 radical (unpaired) electrons. The molecule has 0 amide bonds. The molecule has 1 aromatic rings. The first-order chi connectivity index (χ1) is 14.5. The van der Waals surface area contributed by atoms with Crippen molar-refractivity contribution in [3.05, 3.63) is 65.3 Å². The largest absolute Gasteiger partial charge is 0.419 e. The predicted molar refractivity (Wildman–Crippen MR) is 108 cm³/mol. The van der Waals surface area contributed by atoms with E-state index < -0.39 is 35.5 Å². The summed E-state index contributed by atoms with van der Waals surface area (Å²) in [7, 11) is 0. The molecular formula is C23H22O8. The average molecular weight is 426 g/mol. The number of benzene rings is 1. The molecule has 0 spiro atoms. The van der Waals surface area contributed by atoms with Gasteiger partial charge < -0.3 is 18.9 Å². The quantitative estimate of drug-likeness (QED) is 0.411. The Balaban J connectivity index is 1.92. The molecule has 0 unspecified atom stereocenters. The summed E-state index contributed by atoms with van der Waals surface area (Å²) >= 11 is 0. The van der Waals surface area contributed by atoms with Crippen LogP contribution in [0.5, 0.6) is 0 Å². The average Bonchev–Trinajstić information content (AvgIpc) is 2.63. The van der Waals surface area contributed by atoms with Gasteiger partial charge in [0.25, 0.3) is 11.6 Å². The third-order valence-electron chi connectivity index (χ3n) is 4.36. The van der Waals surface area contributed by atoms with Crippen molar-refractivity contribution in [2.45, 2.75) is 45.7 Å². The molecular weight excluding hydrogens is 404 g/mol. The van der Waals surface area contributed by atoms with Gasteiger partial charge in [-0.3, -0.25) is 0 Å².